The quantitative estimate of drug-likeness (QED) is 0.192. The molecule has 0 N–H and O–H groups in total. The average Bonchev–Trinajstić information content (AvgIpc) is 3.14. The highest BCUT2D eigenvalue weighted by Gasteiger charge is 2.11. The fourth-order valence-corrected chi connectivity index (χ4v) is 5.95. The predicted octanol–water partition coefficient (Wildman–Crippen LogP) is 10.9. The molecule has 6 aromatic carbocycles. The number of benzene rings is 6. The molecular weight excluding hydrogens is 556 g/mol. The molecule has 0 aliphatic rings. The van der Waals surface area contributed by atoms with E-state index in [1.54, 1.807) is 0 Å². The molecule has 0 radical (unpaired) electrons. The molecule has 0 saturated carbocycles. The molecule has 214 valence electrons. The molecule has 0 aliphatic carbocycles. The van der Waals surface area contributed by atoms with Crippen molar-refractivity contribution < 1.29 is 0 Å². The summed E-state index contributed by atoms with van der Waals surface area (Å²) < 4.78 is 0. The Kier molecular flexibility index (Phi) is 7.11. The van der Waals surface area contributed by atoms with Gasteiger partial charge in [-0.15, -0.1) is 0 Å². The summed E-state index contributed by atoms with van der Waals surface area (Å²) in [5, 5.41) is 2.30. The van der Waals surface area contributed by atoms with Crippen LogP contribution in [-0.4, -0.2) is 9.97 Å². The van der Waals surface area contributed by atoms with E-state index < -0.39 is 0 Å². The Balaban J connectivity index is 1.06. The number of hydrogen-bond donors (Lipinski definition) is 0. The lowest BCUT2D eigenvalue weighted by Gasteiger charge is -2.10. The first kappa shape index (κ1) is 27.3. The Morgan fingerprint density at radius 1 is 0.326 bits per heavy atom. The van der Waals surface area contributed by atoms with Crippen molar-refractivity contribution in [3.05, 3.63) is 181 Å². The summed E-state index contributed by atoms with van der Waals surface area (Å²) in [4.78, 5) is 9.97. The first-order chi connectivity index (χ1) is 22.8. The summed E-state index contributed by atoms with van der Waals surface area (Å²) in [6, 6.07) is 58.7. The first-order valence-electron chi connectivity index (χ1n) is 15.4. The average molecular weight is 585 g/mol. The van der Waals surface area contributed by atoms with E-state index in [9.17, 15) is 0 Å². The fraction of sp³-hybridized carbons (Fsp3) is 0. The van der Waals surface area contributed by atoms with Gasteiger partial charge in [-0.2, -0.15) is 0 Å². The van der Waals surface area contributed by atoms with Crippen molar-refractivity contribution in [1.29, 1.82) is 0 Å². The third-order valence-corrected chi connectivity index (χ3v) is 8.31. The molecule has 2 heterocycles. The third-order valence-electron chi connectivity index (χ3n) is 8.31. The highest BCUT2D eigenvalue weighted by atomic mass is 14.7. The van der Waals surface area contributed by atoms with Crippen molar-refractivity contribution in [2.75, 3.05) is 0 Å². The SMILES string of the molecule is C(#Cc1ccc(-c2cc(-c3ccccc3)c3ccccc3n2)cc1)c1ccc(-c2cc(-c3ccccc3)c3ccccc3n2)cc1. The van der Waals surface area contributed by atoms with Gasteiger partial charge >= 0.3 is 0 Å². The standard InChI is InChI=1S/C44H28N2/c1-3-11-33(12-4-1)39-29-43(45-41-17-9-7-15-37(39)41)35-25-21-31(22-26-35)19-20-32-23-27-36(28-24-32)44-30-40(34-13-5-2-6-14-34)38-16-8-10-18-42(38)46-44/h1-18,21-30H. The smallest absolute Gasteiger partial charge is 0.0715 e. The minimum Gasteiger partial charge on any atom is -0.248 e. The molecule has 46 heavy (non-hydrogen) atoms. The largest absolute Gasteiger partial charge is 0.248 e. The second-order valence-corrected chi connectivity index (χ2v) is 11.3. The minimum absolute atomic E-state index is 0.949. The highest BCUT2D eigenvalue weighted by Crippen LogP contribution is 2.33. The summed E-state index contributed by atoms with van der Waals surface area (Å²) in [5.41, 5.74) is 12.7. The van der Waals surface area contributed by atoms with Gasteiger partial charge in [-0.25, -0.2) is 9.97 Å². The van der Waals surface area contributed by atoms with Gasteiger partial charge in [0, 0.05) is 33.0 Å². The van der Waals surface area contributed by atoms with Gasteiger partial charge in [-0.3, -0.25) is 0 Å². The van der Waals surface area contributed by atoms with Crippen LogP contribution >= 0.6 is 0 Å². The molecule has 0 fully saturated rings. The molecule has 0 saturated heterocycles. The Hall–Kier alpha value is -6.30. The first-order valence-corrected chi connectivity index (χ1v) is 15.4. The van der Waals surface area contributed by atoms with Gasteiger partial charge in [0.25, 0.3) is 0 Å². The van der Waals surface area contributed by atoms with Crippen molar-refractivity contribution in [1.82, 2.24) is 9.97 Å². The molecule has 0 unspecified atom stereocenters. The van der Waals surface area contributed by atoms with Crippen molar-refractivity contribution in [2.45, 2.75) is 0 Å². The van der Waals surface area contributed by atoms with E-state index >= 15 is 0 Å². The Morgan fingerprint density at radius 2 is 0.696 bits per heavy atom. The van der Waals surface area contributed by atoms with E-state index in [-0.39, 0.29) is 0 Å². The van der Waals surface area contributed by atoms with Crippen LogP contribution in [0.5, 0.6) is 0 Å². The van der Waals surface area contributed by atoms with Crippen molar-refractivity contribution >= 4 is 21.8 Å². The van der Waals surface area contributed by atoms with E-state index in [0.29, 0.717) is 0 Å². The number of rotatable bonds is 4. The molecule has 0 bridgehead atoms. The molecule has 8 aromatic rings. The number of fused-ring (bicyclic) bond motifs is 2. The minimum atomic E-state index is 0.949. The van der Waals surface area contributed by atoms with E-state index in [0.717, 1.165) is 55.4 Å². The van der Waals surface area contributed by atoms with Crippen LogP contribution in [0.25, 0.3) is 66.6 Å². The number of pyridine rings is 2. The van der Waals surface area contributed by atoms with Crippen LogP contribution in [0, 0.1) is 11.8 Å². The van der Waals surface area contributed by atoms with Gasteiger partial charge < -0.3 is 0 Å². The second-order valence-electron chi connectivity index (χ2n) is 11.3. The third kappa shape index (κ3) is 5.43. The van der Waals surface area contributed by atoms with Crippen molar-refractivity contribution in [3.63, 3.8) is 0 Å². The number of hydrogen-bond acceptors (Lipinski definition) is 2. The Morgan fingerprint density at radius 3 is 1.11 bits per heavy atom. The van der Waals surface area contributed by atoms with Gasteiger partial charge in [0.2, 0.25) is 0 Å². The highest BCUT2D eigenvalue weighted by molar-refractivity contribution is 5.97. The van der Waals surface area contributed by atoms with E-state index in [4.69, 9.17) is 9.97 Å². The summed E-state index contributed by atoms with van der Waals surface area (Å²) in [7, 11) is 0. The predicted molar refractivity (Wildman–Crippen MR) is 191 cm³/mol. The van der Waals surface area contributed by atoms with Gasteiger partial charge in [-0.05, 0) is 70.8 Å². The zero-order valence-electron chi connectivity index (χ0n) is 25.1. The Bertz CT molecular complexity index is 2210. The number of nitrogens with zero attached hydrogens (tertiary/aromatic N) is 2. The lowest BCUT2D eigenvalue weighted by Crippen LogP contribution is -1.90. The zero-order valence-corrected chi connectivity index (χ0v) is 25.1. The topological polar surface area (TPSA) is 25.8 Å². The van der Waals surface area contributed by atoms with Crippen LogP contribution in [0.2, 0.25) is 0 Å². The number of aromatic nitrogens is 2. The molecule has 8 rings (SSSR count). The summed E-state index contributed by atoms with van der Waals surface area (Å²) >= 11 is 0. The number of para-hydroxylation sites is 2. The van der Waals surface area contributed by atoms with Crippen LogP contribution in [0.4, 0.5) is 0 Å². The van der Waals surface area contributed by atoms with Gasteiger partial charge in [0.15, 0.2) is 0 Å². The second kappa shape index (κ2) is 12.0. The molecule has 0 atom stereocenters. The van der Waals surface area contributed by atoms with E-state index in [1.807, 2.05) is 24.3 Å². The normalized spacial score (nSPS) is 10.9. The van der Waals surface area contributed by atoms with E-state index in [1.165, 1.54) is 22.3 Å². The van der Waals surface area contributed by atoms with Crippen LogP contribution < -0.4 is 0 Å². The van der Waals surface area contributed by atoms with Crippen LogP contribution in [-0.2, 0) is 0 Å². The van der Waals surface area contributed by atoms with Gasteiger partial charge in [-0.1, -0.05) is 133 Å². The fourth-order valence-electron chi connectivity index (χ4n) is 5.95. The summed E-state index contributed by atoms with van der Waals surface area (Å²) in [5.74, 6) is 6.67. The zero-order chi connectivity index (χ0) is 30.7. The van der Waals surface area contributed by atoms with Crippen LogP contribution in [0.15, 0.2) is 170 Å². The molecular formula is C44H28N2. The molecule has 2 aromatic heterocycles. The molecule has 0 aliphatic heterocycles. The maximum atomic E-state index is 4.99. The Labute approximate surface area is 268 Å². The summed E-state index contributed by atoms with van der Waals surface area (Å²) in [6.45, 7) is 0. The molecule has 0 spiro atoms. The maximum Gasteiger partial charge on any atom is 0.0715 e. The van der Waals surface area contributed by atoms with Gasteiger partial charge in [0.05, 0.1) is 22.4 Å². The molecule has 2 nitrogen and oxygen atoms in total. The lowest BCUT2D eigenvalue weighted by molar-refractivity contribution is 1.39. The molecule has 0 amide bonds. The van der Waals surface area contributed by atoms with Crippen LogP contribution in [0.3, 0.4) is 0 Å². The maximum absolute atomic E-state index is 4.99. The van der Waals surface area contributed by atoms with E-state index in [2.05, 4.69) is 157 Å². The van der Waals surface area contributed by atoms with Crippen molar-refractivity contribution in [3.8, 4) is 56.6 Å². The van der Waals surface area contributed by atoms with Gasteiger partial charge in [0.1, 0.15) is 0 Å². The monoisotopic (exact) mass is 584 g/mol. The van der Waals surface area contributed by atoms with Crippen LogP contribution in [0.1, 0.15) is 11.1 Å². The molecule has 2 heteroatoms. The summed E-state index contributed by atoms with van der Waals surface area (Å²) in [6.07, 6.45) is 0. The lowest BCUT2D eigenvalue weighted by atomic mass is 9.98. The van der Waals surface area contributed by atoms with Crippen molar-refractivity contribution in [2.24, 2.45) is 0 Å².